The van der Waals surface area contributed by atoms with E-state index in [0.29, 0.717) is 16.4 Å². The minimum atomic E-state index is -3.94. The van der Waals surface area contributed by atoms with Gasteiger partial charge in [-0.25, -0.2) is 8.42 Å². The van der Waals surface area contributed by atoms with Gasteiger partial charge in [0.15, 0.2) is 0 Å². The van der Waals surface area contributed by atoms with Crippen LogP contribution in [-0.4, -0.2) is 20.9 Å². The molecule has 0 bridgehead atoms. The number of benzene rings is 3. The molecule has 0 atom stereocenters. The summed E-state index contributed by atoms with van der Waals surface area (Å²) in [5.41, 5.74) is 3.62. The van der Waals surface area contributed by atoms with Crippen molar-refractivity contribution in [1.29, 1.82) is 0 Å². The van der Waals surface area contributed by atoms with Gasteiger partial charge in [-0.05, 0) is 68.3 Å². The normalized spacial score (nSPS) is 11.2. The Balaban J connectivity index is 1.98. The predicted octanol–water partition coefficient (Wildman–Crippen LogP) is 5.10. The summed E-state index contributed by atoms with van der Waals surface area (Å²) in [6.45, 7) is 5.23. The van der Waals surface area contributed by atoms with E-state index in [1.54, 1.807) is 42.5 Å². The van der Waals surface area contributed by atoms with E-state index in [0.717, 1.165) is 21.0 Å². The first-order chi connectivity index (χ1) is 14.2. The summed E-state index contributed by atoms with van der Waals surface area (Å²) < 4.78 is 27.9. The predicted molar refractivity (Wildman–Crippen MR) is 122 cm³/mol. The van der Waals surface area contributed by atoms with Crippen LogP contribution in [0.4, 0.5) is 11.4 Å². The van der Waals surface area contributed by atoms with Crippen LogP contribution in [0, 0.1) is 20.8 Å². The van der Waals surface area contributed by atoms with Crippen LogP contribution in [0.25, 0.3) is 0 Å². The Bertz CT molecular complexity index is 1180. The van der Waals surface area contributed by atoms with Gasteiger partial charge in [0.05, 0.1) is 10.6 Å². The van der Waals surface area contributed by atoms with Gasteiger partial charge in [-0.1, -0.05) is 47.5 Å². The zero-order chi connectivity index (χ0) is 21.9. The minimum Gasteiger partial charge on any atom is -0.324 e. The fraction of sp³-hybridized carbons (Fsp3) is 0.174. The number of hydrogen-bond acceptors (Lipinski definition) is 3. The molecule has 0 spiro atoms. The number of nitrogens with zero attached hydrogens (tertiary/aromatic N) is 1. The Labute approximate surface area is 182 Å². The lowest BCUT2D eigenvalue weighted by atomic mass is 10.1. The Morgan fingerprint density at radius 1 is 0.933 bits per heavy atom. The number of hydrogen-bond donors (Lipinski definition) is 1. The van der Waals surface area contributed by atoms with Crippen LogP contribution in [0.1, 0.15) is 16.7 Å². The maximum atomic E-state index is 13.4. The van der Waals surface area contributed by atoms with E-state index < -0.39 is 15.9 Å². The summed E-state index contributed by atoms with van der Waals surface area (Å²) in [5, 5.41) is 3.35. The van der Waals surface area contributed by atoms with Gasteiger partial charge in [-0.2, -0.15) is 0 Å². The van der Waals surface area contributed by atoms with Crippen LogP contribution in [0.2, 0.25) is 5.02 Å². The molecule has 0 fully saturated rings. The highest BCUT2D eigenvalue weighted by Gasteiger charge is 2.28. The number of carbonyl (C=O) groups excluding carboxylic acids is 1. The van der Waals surface area contributed by atoms with Gasteiger partial charge in [0.25, 0.3) is 10.0 Å². The molecule has 5 nitrogen and oxygen atoms in total. The molecule has 30 heavy (non-hydrogen) atoms. The molecule has 1 amide bonds. The van der Waals surface area contributed by atoms with E-state index in [4.69, 9.17) is 11.6 Å². The smallest absolute Gasteiger partial charge is 0.264 e. The number of carbonyl (C=O) groups is 1. The number of amides is 1. The second kappa shape index (κ2) is 8.90. The van der Waals surface area contributed by atoms with Gasteiger partial charge in [-0.15, -0.1) is 0 Å². The molecule has 156 valence electrons. The zero-order valence-corrected chi connectivity index (χ0v) is 18.6. The fourth-order valence-electron chi connectivity index (χ4n) is 3.19. The molecule has 3 rings (SSSR count). The first-order valence-electron chi connectivity index (χ1n) is 9.39. The van der Waals surface area contributed by atoms with Crippen LogP contribution >= 0.6 is 11.6 Å². The molecule has 0 saturated carbocycles. The number of sulfonamides is 1. The number of rotatable bonds is 6. The average Bonchev–Trinajstić information content (AvgIpc) is 2.69. The summed E-state index contributed by atoms with van der Waals surface area (Å²) in [7, 11) is -3.94. The summed E-state index contributed by atoms with van der Waals surface area (Å²) >= 11 is 5.98. The first-order valence-corrected chi connectivity index (χ1v) is 11.2. The molecule has 0 aliphatic carbocycles. The Morgan fingerprint density at radius 3 is 2.27 bits per heavy atom. The van der Waals surface area contributed by atoms with Crippen molar-refractivity contribution in [2.75, 3.05) is 16.2 Å². The maximum absolute atomic E-state index is 13.4. The molecule has 0 aliphatic heterocycles. The van der Waals surface area contributed by atoms with E-state index in [1.165, 1.54) is 12.1 Å². The summed E-state index contributed by atoms with van der Waals surface area (Å²) in [6.07, 6.45) is 0. The first kappa shape index (κ1) is 21.9. The largest absolute Gasteiger partial charge is 0.324 e. The van der Waals surface area contributed by atoms with E-state index in [2.05, 4.69) is 5.32 Å². The zero-order valence-electron chi connectivity index (χ0n) is 17.0. The molecule has 0 aliphatic rings. The van der Waals surface area contributed by atoms with Crippen LogP contribution in [-0.2, 0) is 14.8 Å². The molecule has 0 aromatic heterocycles. The maximum Gasteiger partial charge on any atom is 0.264 e. The quantitative estimate of drug-likeness (QED) is 0.577. The molecule has 0 heterocycles. The molecule has 1 N–H and O–H groups in total. The van der Waals surface area contributed by atoms with E-state index in [1.807, 2.05) is 32.9 Å². The average molecular weight is 443 g/mol. The number of anilines is 2. The van der Waals surface area contributed by atoms with Crippen molar-refractivity contribution in [3.8, 4) is 0 Å². The molecule has 0 unspecified atom stereocenters. The fourth-order valence-corrected chi connectivity index (χ4v) is 4.93. The molecular weight excluding hydrogens is 420 g/mol. The van der Waals surface area contributed by atoms with Crippen molar-refractivity contribution in [3.63, 3.8) is 0 Å². The van der Waals surface area contributed by atoms with E-state index >= 15 is 0 Å². The standard InChI is InChI=1S/C23H23ClN2O3S/c1-16-9-12-22(18(3)13-16)26(30(28,29)20-7-5-4-6-8-20)15-23(27)25-21-11-10-19(24)14-17(21)2/h4-14H,15H2,1-3H3,(H,25,27). The van der Waals surface area contributed by atoms with Gasteiger partial charge in [0.2, 0.25) is 5.91 Å². The lowest BCUT2D eigenvalue weighted by Gasteiger charge is -2.26. The molecule has 3 aromatic carbocycles. The topological polar surface area (TPSA) is 66.5 Å². The molecule has 7 heteroatoms. The van der Waals surface area contributed by atoms with Crippen LogP contribution < -0.4 is 9.62 Å². The highest BCUT2D eigenvalue weighted by molar-refractivity contribution is 7.92. The van der Waals surface area contributed by atoms with Crippen LogP contribution in [0.5, 0.6) is 0 Å². The van der Waals surface area contributed by atoms with Gasteiger partial charge >= 0.3 is 0 Å². The van der Waals surface area contributed by atoms with Crippen molar-refractivity contribution in [2.45, 2.75) is 25.7 Å². The number of halogens is 1. The molecular formula is C23H23ClN2O3S. The van der Waals surface area contributed by atoms with Gasteiger partial charge in [-0.3, -0.25) is 9.10 Å². The summed E-state index contributed by atoms with van der Waals surface area (Å²) in [4.78, 5) is 13.0. The van der Waals surface area contributed by atoms with Crippen LogP contribution in [0.3, 0.4) is 0 Å². The molecule has 0 radical (unpaired) electrons. The van der Waals surface area contributed by atoms with Gasteiger partial charge in [0, 0.05) is 10.7 Å². The lowest BCUT2D eigenvalue weighted by Crippen LogP contribution is -2.38. The molecule has 0 saturated heterocycles. The number of nitrogens with one attached hydrogen (secondary N) is 1. The van der Waals surface area contributed by atoms with E-state index in [-0.39, 0.29) is 11.4 Å². The van der Waals surface area contributed by atoms with Crippen molar-refractivity contribution >= 4 is 38.9 Å². The van der Waals surface area contributed by atoms with E-state index in [9.17, 15) is 13.2 Å². The third-order valence-corrected chi connectivity index (χ3v) is 6.71. The second-order valence-electron chi connectivity index (χ2n) is 7.12. The Hall–Kier alpha value is -2.83. The minimum absolute atomic E-state index is 0.125. The highest BCUT2D eigenvalue weighted by Crippen LogP contribution is 2.28. The molecule has 3 aromatic rings. The van der Waals surface area contributed by atoms with Crippen molar-refractivity contribution in [3.05, 3.63) is 88.4 Å². The third-order valence-electron chi connectivity index (χ3n) is 4.70. The third kappa shape index (κ3) is 4.83. The number of aryl methyl sites for hydroxylation is 3. The Morgan fingerprint density at radius 2 is 1.63 bits per heavy atom. The van der Waals surface area contributed by atoms with Crippen molar-refractivity contribution in [2.24, 2.45) is 0 Å². The highest BCUT2D eigenvalue weighted by atomic mass is 35.5. The van der Waals surface area contributed by atoms with Crippen molar-refractivity contribution in [1.82, 2.24) is 0 Å². The van der Waals surface area contributed by atoms with Crippen molar-refractivity contribution < 1.29 is 13.2 Å². The summed E-state index contributed by atoms with van der Waals surface area (Å²) in [6, 6.07) is 18.7. The van der Waals surface area contributed by atoms with Gasteiger partial charge < -0.3 is 5.32 Å². The van der Waals surface area contributed by atoms with Crippen LogP contribution in [0.15, 0.2) is 71.6 Å². The lowest BCUT2D eigenvalue weighted by molar-refractivity contribution is -0.114. The SMILES string of the molecule is Cc1ccc(N(CC(=O)Nc2ccc(Cl)cc2C)S(=O)(=O)c2ccccc2)c(C)c1. The summed E-state index contributed by atoms with van der Waals surface area (Å²) in [5.74, 6) is -0.445. The second-order valence-corrected chi connectivity index (χ2v) is 9.42. The Kier molecular flexibility index (Phi) is 6.48. The monoisotopic (exact) mass is 442 g/mol. The van der Waals surface area contributed by atoms with Gasteiger partial charge in [0.1, 0.15) is 6.54 Å².